The second-order valence-electron chi connectivity index (χ2n) is 11.7. The summed E-state index contributed by atoms with van der Waals surface area (Å²) in [7, 11) is -7.81. The molecule has 1 saturated heterocycles. The number of carbonyl (C=O) groups is 2. The van der Waals surface area contributed by atoms with Crippen molar-refractivity contribution in [3.05, 3.63) is 42.2 Å². The maximum atomic E-state index is 13.9. The first-order valence-corrected chi connectivity index (χ1v) is 17.1. The number of fused-ring (bicyclic) bond motifs is 1. The molecule has 2 heterocycles. The van der Waals surface area contributed by atoms with Crippen LogP contribution in [0.2, 0.25) is 0 Å². The van der Waals surface area contributed by atoms with Gasteiger partial charge in [-0.15, -0.1) is 6.58 Å². The average molecular weight is 627 g/mol. The number of halogens is 1. The lowest BCUT2D eigenvalue weighted by Gasteiger charge is -2.26. The minimum Gasteiger partial charge on any atom is -0.492 e. The van der Waals surface area contributed by atoms with Crippen LogP contribution in [-0.4, -0.2) is 80.5 Å². The fourth-order valence-corrected chi connectivity index (χ4v) is 8.77. The molecule has 2 amide bonds. The summed E-state index contributed by atoms with van der Waals surface area (Å²) in [4.78, 5) is 32.5. The van der Waals surface area contributed by atoms with E-state index in [1.807, 2.05) is 0 Å². The molecule has 5 rings (SSSR count). The number of benzene rings is 1. The minimum absolute atomic E-state index is 0.0662. The largest absolute Gasteiger partial charge is 0.492 e. The third kappa shape index (κ3) is 6.18. The molecule has 2 aliphatic carbocycles. The molecular formula is C27H35FN4O8S2. The highest BCUT2D eigenvalue weighted by atomic mass is 32.2. The highest BCUT2D eigenvalue weighted by molar-refractivity contribution is 7.91. The van der Waals surface area contributed by atoms with Gasteiger partial charge in [0.2, 0.25) is 26.0 Å². The zero-order valence-electron chi connectivity index (χ0n) is 23.4. The Bertz CT molecular complexity index is 1530. The molecule has 42 heavy (non-hydrogen) atoms. The average Bonchev–Trinajstić information content (AvgIpc) is 3.83. The van der Waals surface area contributed by atoms with E-state index in [4.69, 9.17) is 9.57 Å². The summed E-state index contributed by atoms with van der Waals surface area (Å²) in [6.07, 6.45) is 1.96. The van der Waals surface area contributed by atoms with Gasteiger partial charge in [0, 0.05) is 24.3 Å². The lowest BCUT2D eigenvalue weighted by molar-refractivity contribution is -0.131. The Balaban J connectivity index is 1.36. The van der Waals surface area contributed by atoms with Crippen LogP contribution in [-0.2, 0) is 34.5 Å². The number of nitrogens with one attached hydrogen (secondary N) is 2. The van der Waals surface area contributed by atoms with E-state index in [-0.39, 0.29) is 31.1 Å². The second kappa shape index (κ2) is 11.2. The Morgan fingerprint density at radius 2 is 2.02 bits per heavy atom. The normalized spacial score (nSPS) is 28.6. The third-order valence-electron chi connectivity index (χ3n) is 7.83. The Hall–Kier alpha value is -3.04. The number of amides is 2. The molecule has 1 aromatic rings. The lowest BCUT2D eigenvalue weighted by Crippen LogP contribution is -2.56. The molecular weight excluding hydrogens is 591 g/mol. The first-order valence-electron chi connectivity index (χ1n) is 13.9. The van der Waals surface area contributed by atoms with E-state index in [9.17, 15) is 30.8 Å². The third-order valence-corrected chi connectivity index (χ3v) is 11.9. The standard InChI is InChI=1S/C27H35FN4O8S2/c1-4-17-13-27(17,26(34)31-42(37,38)20-6-7-20)29-25(33)23-12-19(14-32(23)41(35,36)15-16(2)3)40-30-22-9-10-39-24-8-5-18(28)11-21(22)24/h4-5,8,11,16-17,19-20,23H,1,6-7,9-10,12-15H2,2-3H3,(H,29,33)(H,31,34)/b30-22+/t17-,19?,23?,27+/m1/s1. The molecule has 2 saturated carbocycles. The lowest BCUT2D eigenvalue weighted by atomic mass is 10.0. The van der Waals surface area contributed by atoms with Gasteiger partial charge in [-0.1, -0.05) is 25.1 Å². The summed E-state index contributed by atoms with van der Waals surface area (Å²) >= 11 is 0. The molecule has 230 valence electrons. The van der Waals surface area contributed by atoms with Crippen molar-refractivity contribution in [1.82, 2.24) is 14.3 Å². The predicted molar refractivity (Wildman–Crippen MR) is 151 cm³/mol. The van der Waals surface area contributed by atoms with E-state index in [2.05, 4.69) is 21.8 Å². The van der Waals surface area contributed by atoms with Crippen LogP contribution in [0, 0.1) is 17.7 Å². The molecule has 1 aromatic carbocycles. The maximum absolute atomic E-state index is 13.9. The van der Waals surface area contributed by atoms with E-state index in [1.54, 1.807) is 13.8 Å². The van der Waals surface area contributed by atoms with Gasteiger partial charge in [0.25, 0.3) is 5.91 Å². The molecule has 0 bridgehead atoms. The second-order valence-corrected chi connectivity index (χ2v) is 15.6. The van der Waals surface area contributed by atoms with E-state index < -0.39 is 66.5 Å². The summed E-state index contributed by atoms with van der Waals surface area (Å²) in [5, 5.41) is 6.21. The van der Waals surface area contributed by atoms with Crippen molar-refractivity contribution < 1.29 is 40.4 Å². The van der Waals surface area contributed by atoms with Crippen molar-refractivity contribution in [3.63, 3.8) is 0 Å². The molecule has 0 spiro atoms. The van der Waals surface area contributed by atoms with Gasteiger partial charge in [0.1, 0.15) is 29.3 Å². The number of hydrogen-bond acceptors (Lipinski definition) is 9. The van der Waals surface area contributed by atoms with Crippen molar-refractivity contribution in [2.75, 3.05) is 18.9 Å². The van der Waals surface area contributed by atoms with Crippen LogP contribution in [0.5, 0.6) is 5.75 Å². The zero-order chi connectivity index (χ0) is 30.4. The van der Waals surface area contributed by atoms with Crippen LogP contribution < -0.4 is 14.8 Å². The van der Waals surface area contributed by atoms with E-state index in [0.717, 1.165) is 4.31 Å². The fraction of sp³-hybridized carbons (Fsp3) is 0.593. The number of oxime groups is 1. The van der Waals surface area contributed by atoms with Crippen LogP contribution in [0.3, 0.4) is 0 Å². The van der Waals surface area contributed by atoms with Crippen molar-refractivity contribution in [2.24, 2.45) is 17.0 Å². The molecule has 15 heteroatoms. The summed E-state index contributed by atoms with van der Waals surface area (Å²) in [5.41, 5.74) is -0.695. The predicted octanol–water partition coefficient (Wildman–Crippen LogP) is 1.43. The molecule has 12 nitrogen and oxygen atoms in total. The SMILES string of the molecule is C=C[C@@H]1C[C@@]1(NC(=O)C1CC(O/N=C2\CCOc3ccc(F)cc32)CN1S(=O)(=O)CC(C)C)C(=O)NS(=O)(=O)C1CC1. The van der Waals surface area contributed by atoms with E-state index in [1.165, 1.54) is 24.3 Å². The number of nitrogens with zero attached hydrogens (tertiary/aromatic N) is 2. The van der Waals surface area contributed by atoms with Crippen molar-refractivity contribution >= 4 is 37.6 Å². The van der Waals surface area contributed by atoms with Gasteiger partial charge in [0.15, 0.2) is 0 Å². The van der Waals surface area contributed by atoms with E-state index >= 15 is 0 Å². The molecule has 4 atom stereocenters. The van der Waals surface area contributed by atoms with Crippen LogP contribution in [0.15, 0.2) is 36.0 Å². The van der Waals surface area contributed by atoms with Crippen LogP contribution in [0.4, 0.5) is 4.39 Å². The number of rotatable bonds is 11. The van der Waals surface area contributed by atoms with E-state index in [0.29, 0.717) is 42.9 Å². The van der Waals surface area contributed by atoms with Gasteiger partial charge in [-0.2, -0.15) is 4.31 Å². The number of ether oxygens (including phenoxy) is 1. The summed E-state index contributed by atoms with van der Waals surface area (Å²) in [6.45, 7) is 7.29. The minimum atomic E-state index is -3.93. The number of carbonyl (C=O) groups excluding carboxylic acids is 2. The molecule has 2 N–H and O–H groups in total. The Morgan fingerprint density at radius 1 is 1.29 bits per heavy atom. The number of hydrogen-bond donors (Lipinski definition) is 2. The van der Waals surface area contributed by atoms with Crippen LogP contribution in [0.25, 0.3) is 0 Å². The molecule has 2 aliphatic heterocycles. The number of sulfonamides is 2. The van der Waals surface area contributed by atoms with Crippen molar-refractivity contribution in [2.45, 2.75) is 68.9 Å². The van der Waals surface area contributed by atoms with Crippen molar-refractivity contribution in [1.29, 1.82) is 0 Å². The van der Waals surface area contributed by atoms with Crippen LogP contribution in [0.1, 0.15) is 51.5 Å². The molecule has 2 unspecified atom stereocenters. The molecule has 0 radical (unpaired) electrons. The highest BCUT2D eigenvalue weighted by Gasteiger charge is 2.62. The molecule has 4 aliphatic rings. The van der Waals surface area contributed by atoms with Gasteiger partial charge >= 0.3 is 0 Å². The summed E-state index contributed by atoms with van der Waals surface area (Å²) < 4.78 is 74.1. The Morgan fingerprint density at radius 3 is 2.67 bits per heavy atom. The highest BCUT2D eigenvalue weighted by Crippen LogP contribution is 2.45. The first-order chi connectivity index (χ1) is 19.8. The quantitative estimate of drug-likeness (QED) is 0.276. The monoisotopic (exact) mass is 626 g/mol. The van der Waals surface area contributed by atoms with Crippen molar-refractivity contribution in [3.8, 4) is 5.75 Å². The first kappa shape index (κ1) is 30.4. The maximum Gasteiger partial charge on any atom is 0.259 e. The van der Waals surface area contributed by atoms with Crippen LogP contribution >= 0.6 is 0 Å². The molecule has 0 aromatic heterocycles. The van der Waals surface area contributed by atoms with Gasteiger partial charge < -0.3 is 14.9 Å². The summed E-state index contributed by atoms with van der Waals surface area (Å²) in [6, 6.07) is 2.81. The Labute approximate surface area is 244 Å². The van der Waals surface area contributed by atoms with Gasteiger partial charge in [-0.25, -0.2) is 21.2 Å². The van der Waals surface area contributed by atoms with Gasteiger partial charge in [0.05, 0.1) is 29.9 Å². The summed E-state index contributed by atoms with van der Waals surface area (Å²) in [5.74, 6) is -2.62. The molecule has 3 fully saturated rings. The topological polar surface area (TPSA) is 161 Å². The van der Waals surface area contributed by atoms with Gasteiger partial charge in [-0.05, 0) is 43.4 Å². The Kier molecular flexibility index (Phi) is 8.13. The smallest absolute Gasteiger partial charge is 0.259 e. The fourth-order valence-electron chi connectivity index (χ4n) is 5.41. The van der Waals surface area contributed by atoms with Gasteiger partial charge in [-0.3, -0.25) is 14.3 Å². The zero-order valence-corrected chi connectivity index (χ0v) is 25.0.